The van der Waals surface area contributed by atoms with Crippen LogP contribution >= 0.6 is 0 Å². The van der Waals surface area contributed by atoms with Crippen molar-refractivity contribution in [2.75, 3.05) is 0 Å². The molecule has 2 atom stereocenters. The fraction of sp³-hybridized carbons (Fsp3) is 0.263. The molecule has 2 unspecified atom stereocenters. The molecule has 4 nitrogen and oxygen atoms in total. The molecule has 1 heterocycles. The van der Waals surface area contributed by atoms with Crippen LogP contribution in [0.15, 0.2) is 54.6 Å². The minimum atomic E-state index is -1.68. The Balaban J connectivity index is 1.99. The Morgan fingerprint density at radius 3 is 2.13 bits per heavy atom. The Morgan fingerprint density at radius 2 is 1.61 bits per heavy atom. The van der Waals surface area contributed by atoms with Gasteiger partial charge in [-0.2, -0.15) is 0 Å². The van der Waals surface area contributed by atoms with Crippen LogP contribution in [0.2, 0.25) is 0 Å². The van der Waals surface area contributed by atoms with Crippen LogP contribution in [-0.2, 0) is 19.9 Å². The van der Waals surface area contributed by atoms with Crippen molar-refractivity contribution < 1.29 is 19.4 Å². The summed E-state index contributed by atoms with van der Waals surface area (Å²) in [6, 6.07) is 17.2. The average molecular weight is 310 g/mol. The van der Waals surface area contributed by atoms with Gasteiger partial charge in [0.15, 0.2) is 5.60 Å². The summed E-state index contributed by atoms with van der Waals surface area (Å²) < 4.78 is 5.31. The Morgan fingerprint density at radius 1 is 1.00 bits per heavy atom. The van der Waals surface area contributed by atoms with Gasteiger partial charge in [0, 0.05) is 5.56 Å². The van der Waals surface area contributed by atoms with Crippen LogP contribution in [0, 0.1) is 0 Å². The zero-order chi connectivity index (χ0) is 16.4. The highest BCUT2D eigenvalue weighted by molar-refractivity contribution is 6.11. The Labute approximate surface area is 134 Å². The van der Waals surface area contributed by atoms with Gasteiger partial charge in [-0.05, 0) is 17.5 Å². The van der Waals surface area contributed by atoms with E-state index in [2.05, 4.69) is 0 Å². The van der Waals surface area contributed by atoms with E-state index >= 15 is 0 Å². The lowest BCUT2D eigenvalue weighted by Gasteiger charge is -2.26. The fourth-order valence-electron chi connectivity index (χ4n) is 3.04. The van der Waals surface area contributed by atoms with E-state index in [0.29, 0.717) is 18.4 Å². The quantitative estimate of drug-likeness (QED) is 0.697. The molecule has 118 valence electrons. The van der Waals surface area contributed by atoms with Crippen molar-refractivity contribution in [1.82, 2.24) is 0 Å². The lowest BCUT2D eigenvalue weighted by Crippen LogP contribution is -2.36. The fourth-order valence-corrected chi connectivity index (χ4v) is 3.04. The maximum absolute atomic E-state index is 12.4. The smallest absolute Gasteiger partial charge is 0.344 e. The summed E-state index contributed by atoms with van der Waals surface area (Å²) in [4.78, 5) is 24.0. The number of hydrogen-bond acceptors (Lipinski definition) is 4. The first-order valence-electron chi connectivity index (χ1n) is 7.69. The van der Waals surface area contributed by atoms with Crippen molar-refractivity contribution in [1.29, 1.82) is 0 Å². The second-order valence-corrected chi connectivity index (χ2v) is 5.71. The van der Waals surface area contributed by atoms with Crippen LogP contribution < -0.4 is 0 Å². The molecule has 0 amide bonds. The topological polar surface area (TPSA) is 63.6 Å². The number of hydrogen-bond donors (Lipinski definition) is 1. The van der Waals surface area contributed by atoms with Gasteiger partial charge in [0.1, 0.15) is 0 Å². The molecule has 0 aromatic heterocycles. The largest absolute Gasteiger partial charge is 0.444 e. The SMILES string of the molecule is CCCC1(c2ccc(-c3ccccc3)cc2)OC(=O)C(O)C1=O. The second-order valence-electron chi connectivity index (χ2n) is 5.71. The number of ether oxygens (including phenoxy) is 1. The van der Waals surface area contributed by atoms with Crippen molar-refractivity contribution in [3.8, 4) is 11.1 Å². The van der Waals surface area contributed by atoms with Crippen LogP contribution in [0.5, 0.6) is 0 Å². The van der Waals surface area contributed by atoms with Crippen LogP contribution in [0.1, 0.15) is 25.3 Å². The van der Waals surface area contributed by atoms with Gasteiger partial charge in [-0.25, -0.2) is 4.79 Å². The summed E-state index contributed by atoms with van der Waals surface area (Å²) >= 11 is 0. The van der Waals surface area contributed by atoms with E-state index in [4.69, 9.17) is 4.74 Å². The summed E-state index contributed by atoms with van der Waals surface area (Å²) in [5, 5.41) is 9.70. The minimum absolute atomic E-state index is 0.360. The summed E-state index contributed by atoms with van der Waals surface area (Å²) in [7, 11) is 0. The zero-order valence-electron chi connectivity index (χ0n) is 12.9. The highest BCUT2D eigenvalue weighted by atomic mass is 16.6. The van der Waals surface area contributed by atoms with Gasteiger partial charge in [0.2, 0.25) is 11.9 Å². The van der Waals surface area contributed by atoms with Crippen molar-refractivity contribution in [2.24, 2.45) is 0 Å². The highest BCUT2D eigenvalue weighted by Crippen LogP contribution is 2.39. The second kappa shape index (κ2) is 5.97. The number of carbonyl (C=O) groups is 2. The van der Waals surface area contributed by atoms with E-state index in [9.17, 15) is 14.7 Å². The van der Waals surface area contributed by atoms with Crippen molar-refractivity contribution in [3.63, 3.8) is 0 Å². The molecule has 0 radical (unpaired) electrons. The third-order valence-electron chi connectivity index (χ3n) is 4.20. The number of Topliss-reactive ketones (excluding diaryl/α,β-unsaturated/α-hetero) is 1. The molecular weight excluding hydrogens is 292 g/mol. The van der Waals surface area contributed by atoms with Crippen molar-refractivity contribution in [2.45, 2.75) is 31.5 Å². The van der Waals surface area contributed by atoms with E-state index in [0.717, 1.165) is 11.1 Å². The maximum Gasteiger partial charge on any atom is 0.344 e. The van der Waals surface area contributed by atoms with E-state index in [1.165, 1.54) is 0 Å². The Hall–Kier alpha value is -2.46. The molecule has 1 aliphatic heterocycles. The molecular formula is C19H18O4. The third kappa shape index (κ3) is 2.55. The number of esters is 1. The number of aliphatic hydroxyl groups excluding tert-OH is 1. The number of cyclic esters (lactones) is 1. The molecule has 2 aromatic carbocycles. The molecule has 23 heavy (non-hydrogen) atoms. The predicted octanol–water partition coefficient (Wildman–Crippen LogP) is 2.84. The predicted molar refractivity (Wildman–Crippen MR) is 85.6 cm³/mol. The number of rotatable bonds is 4. The summed E-state index contributed by atoms with van der Waals surface area (Å²) in [6.07, 6.45) is -0.666. The Kier molecular flexibility index (Phi) is 4.01. The molecule has 0 bridgehead atoms. The van der Waals surface area contributed by atoms with E-state index in [-0.39, 0.29) is 0 Å². The molecule has 0 aliphatic carbocycles. The number of aliphatic hydroxyl groups is 1. The molecule has 1 aliphatic rings. The van der Waals surface area contributed by atoms with Crippen LogP contribution in [0.4, 0.5) is 0 Å². The lowest BCUT2D eigenvalue weighted by atomic mass is 9.84. The van der Waals surface area contributed by atoms with Crippen molar-refractivity contribution >= 4 is 11.8 Å². The summed E-state index contributed by atoms with van der Waals surface area (Å²) in [6.45, 7) is 1.91. The standard InChI is InChI=1S/C19H18O4/c1-2-12-19(17(21)16(20)18(22)23-19)15-10-8-14(9-11-15)13-6-4-3-5-7-13/h3-11,16,20H,2,12H2,1H3. The minimum Gasteiger partial charge on any atom is -0.444 e. The van der Waals surface area contributed by atoms with Gasteiger partial charge in [0.05, 0.1) is 0 Å². The molecule has 0 saturated carbocycles. The van der Waals surface area contributed by atoms with E-state index in [1.54, 1.807) is 12.1 Å². The average Bonchev–Trinajstić information content (AvgIpc) is 2.81. The van der Waals surface area contributed by atoms with Crippen LogP contribution in [-0.4, -0.2) is 23.0 Å². The van der Waals surface area contributed by atoms with Gasteiger partial charge in [-0.3, -0.25) is 4.79 Å². The van der Waals surface area contributed by atoms with Gasteiger partial charge < -0.3 is 9.84 Å². The molecule has 3 rings (SSSR count). The molecule has 2 aromatic rings. The van der Waals surface area contributed by atoms with Gasteiger partial charge in [0.25, 0.3) is 0 Å². The van der Waals surface area contributed by atoms with Crippen LogP contribution in [0.3, 0.4) is 0 Å². The first-order valence-corrected chi connectivity index (χ1v) is 7.69. The maximum atomic E-state index is 12.4. The number of benzene rings is 2. The first-order chi connectivity index (χ1) is 11.1. The highest BCUT2D eigenvalue weighted by Gasteiger charge is 2.55. The summed E-state index contributed by atoms with van der Waals surface area (Å²) in [5.74, 6) is -1.44. The zero-order valence-corrected chi connectivity index (χ0v) is 12.9. The first kappa shape index (κ1) is 15.4. The molecule has 1 fully saturated rings. The third-order valence-corrected chi connectivity index (χ3v) is 4.20. The van der Waals surface area contributed by atoms with Gasteiger partial charge in [-0.15, -0.1) is 0 Å². The number of carbonyl (C=O) groups excluding carboxylic acids is 2. The lowest BCUT2D eigenvalue weighted by molar-refractivity contribution is -0.155. The van der Waals surface area contributed by atoms with E-state index in [1.807, 2.05) is 49.4 Å². The van der Waals surface area contributed by atoms with Crippen LogP contribution in [0.25, 0.3) is 11.1 Å². The molecule has 1 N–H and O–H groups in total. The molecule has 4 heteroatoms. The molecule has 0 spiro atoms. The summed E-state index contributed by atoms with van der Waals surface area (Å²) in [5.41, 5.74) is 1.33. The normalized spacial score (nSPS) is 23.8. The van der Waals surface area contributed by atoms with Gasteiger partial charge >= 0.3 is 5.97 Å². The van der Waals surface area contributed by atoms with Crippen molar-refractivity contribution in [3.05, 3.63) is 60.2 Å². The van der Waals surface area contributed by atoms with E-state index < -0.39 is 23.5 Å². The molecule has 1 saturated heterocycles. The monoisotopic (exact) mass is 310 g/mol. The van der Waals surface area contributed by atoms with Gasteiger partial charge in [-0.1, -0.05) is 67.9 Å². The number of ketones is 1. The Bertz CT molecular complexity index is 721.